The maximum atomic E-state index is 4.01. The summed E-state index contributed by atoms with van der Waals surface area (Å²) in [6.07, 6.45) is 9.79. The van der Waals surface area contributed by atoms with E-state index < -0.39 is 0 Å². The van der Waals surface area contributed by atoms with E-state index >= 15 is 0 Å². The molecule has 1 aliphatic heterocycles. The number of benzene rings is 1. The summed E-state index contributed by atoms with van der Waals surface area (Å²) in [5, 5.41) is 3.51. The van der Waals surface area contributed by atoms with Crippen LogP contribution in [0.2, 0.25) is 0 Å². The zero-order chi connectivity index (χ0) is 15.2. The van der Waals surface area contributed by atoms with E-state index in [1.807, 2.05) is 0 Å². The molecule has 1 N–H and O–H groups in total. The Balaban J connectivity index is 2.48. The molecule has 0 amide bonds. The molecule has 0 atom stereocenters. The van der Waals surface area contributed by atoms with E-state index in [1.54, 1.807) is 11.6 Å². The molecular weight excluding hydrogens is 254 g/mol. The van der Waals surface area contributed by atoms with Crippen molar-refractivity contribution in [2.75, 3.05) is 6.54 Å². The molecule has 0 saturated carbocycles. The van der Waals surface area contributed by atoms with E-state index in [1.165, 1.54) is 41.6 Å². The van der Waals surface area contributed by atoms with Gasteiger partial charge in [0.1, 0.15) is 0 Å². The lowest BCUT2D eigenvalue weighted by atomic mass is 9.89. The summed E-state index contributed by atoms with van der Waals surface area (Å²) in [5.74, 6) is 0. The fraction of sp³-hybridized carbons (Fsp3) is 0.400. The highest BCUT2D eigenvalue weighted by Gasteiger charge is 2.16. The van der Waals surface area contributed by atoms with E-state index in [9.17, 15) is 0 Å². The monoisotopic (exact) mass is 281 g/mol. The number of rotatable bonds is 6. The molecule has 2 rings (SSSR count). The summed E-state index contributed by atoms with van der Waals surface area (Å²) in [6, 6.07) is 4.84. The normalized spacial score (nSPS) is 15.4. The second kappa shape index (κ2) is 7.31. The van der Waals surface area contributed by atoms with Crippen molar-refractivity contribution in [1.82, 2.24) is 5.32 Å². The molecule has 0 aromatic heterocycles. The fourth-order valence-electron chi connectivity index (χ4n) is 3.00. The third-order valence-electron chi connectivity index (χ3n) is 4.06. The van der Waals surface area contributed by atoms with Crippen LogP contribution in [-0.2, 0) is 19.3 Å². The Labute approximate surface area is 129 Å². The molecule has 0 fully saturated rings. The Morgan fingerprint density at radius 3 is 2.48 bits per heavy atom. The topological polar surface area (TPSA) is 12.0 Å². The van der Waals surface area contributed by atoms with Crippen molar-refractivity contribution in [2.24, 2.45) is 0 Å². The summed E-state index contributed by atoms with van der Waals surface area (Å²) in [5.41, 5.74) is 8.04. The second-order valence-corrected chi connectivity index (χ2v) is 5.79. The smallest absolute Gasteiger partial charge is 0.0422 e. The van der Waals surface area contributed by atoms with Gasteiger partial charge in [-0.1, -0.05) is 52.0 Å². The van der Waals surface area contributed by atoms with Crippen LogP contribution >= 0.6 is 0 Å². The van der Waals surface area contributed by atoms with Gasteiger partial charge in [0.25, 0.3) is 0 Å². The van der Waals surface area contributed by atoms with E-state index in [2.05, 4.69) is 50.5 Å². The van der Waals surface area contributed by atoms with Crippen molar-refractivity contribution < 1.29 is 0 Å². The summed E-state index contributed by atoms with van der Waals surface area (Å²) >= 11 is 0. The quantitative estimate of drug-likeness (QED) is 0.737. The minimum absolute atomic E-state index is 0.958. The summed E-state index contributed by atoms with van der Waals surface area (Å²) in [6.45, 7) is 13.3. The van der Waals surface area contributed by atoms with Crippen molar-refractivity contribution in [1.29, 1.82) is 0 Å². The molecule has 112 valence electrons. The van der Waals surface area contributed by atoms with Crippen LogP contribution in [0.25, 0.3) is 5.70 Å². The molecule has 1 nitrogen and oxygen atoms in total. The minimum atomic E-state index is 0.958. The number of aryl methyl sites for hydroxylation is 2. The highest BCUT2D eigenvalue weighted by Crippen LogP contribution is 2.28. The van der Waals surface area contributed by atoms with Gasteiger partial charge < -0.3 is 5.32 Å². The summed E-state index contributed by atoms with van der Waals surface area (Å²) in [4.78, 5) is 0. The van der Waals surface area contributed by atoms with Crippen molar-refractivity contribution in [3.05, 3.63) is 65.3 Å². The number of nitrogens with one attached hydrogen (secondary N) is 1. The predicted octanol–water partition coefficient (Wildman–Crippen LogP) is 4.82. The Bertz CT molecular complexity index is 563. The third-order valence-corrected chi connectivity index (χ3v) is 4.06. The average Bonchev–Trinajstić information content (AvgIpc) is 2.49. The molecule has 1 heterocycles. The third kappa shape index (κ3) is 3.66. The van der Waals surface area contributed by atoms with Gasteiger partial charge >= 0.3 is 0 Å². The van der Waals surface area contributed by atoms with Gasteiger partial charge in [0.2, 0.25) is 0 Å². The largest absolute Gasteiger partial charge is 0.384 e. The number of hydrogen-bond donors (Lipinski definition) is 1. The molecule has 1 aromatic carbocycles. The van der Waals surface area contributed by atoms with Crippen LogP contribution in [0.5, 0.6) is 0 Å². The van der Waals surface area contributed by atoms with Crippen LogP contribution in [0.4, 0.5) is 0 Å². The Morgan fingerprint density at radius 1 is 1.19 bits per heavy atom. The van der Waals surface area contributed by atoms with Crippen LogP contribution in [0, 0.1) is 0 Å². The van der Waals surface area contributed by atoms with Crippen LogP contribution in [0.1, 0.15) is 48.9 Å². The molecule has 1 aromatic rings. The molecular formula is C20H27N. The van der Waals surface area contributed by atoms with Crippen molar-refractivity contribution >= 4 is 5.70 Å². The molecule has 0 unspecified atom stereocenters. The van der Waals surface area contributed by atoms with Crippen LogP contribution < -0.4 is 5.32 Å². The van der Waals surface area contributed by atoms with Crippen molar-refractivity contribution in [3.8, 4) is 0 Å². The Hall–Kier alpha value is -1.76. The van der Waals surface area contributed by atoms with E-state index in [0.29, 0.717) is 0 Å². The van der Waals surface area contributed by atoms with Crippen LogP contribution in [-0.4, -0.2) is 6.54 Å². The lowest BCUT2D eigenvalue weighted by Crippen LogP contribution is -2.23. The van der Waals surface area contributed by atoms with Crippen molar-refractivity contribution in [2.45, 2.75) is 46.0 Å². The SMILES string of the molecule is C=CC(=C)/C=C1\NCCc2cc(CCC)c(CCC)cc21. The number of allylic oxidation sites excluding steroid dienone is 3. The van der Waals surface area contributed by atoms with Gasteiger partial charge in [-0.2, -0.15) is 0 Å². The van der Waals surface area contributed by atoms with Crippen LogP contribution in [0.3, 0.4) is 0 Å². The number of fused-ring (bicyclic) bond motifs is 1. The molecule has 0 radical (unpaired) electrons. The predicted molar refractivity (Wildman–Crippen MR) is 93.5 cm³/mol. The first kappa shape index (κ1) is 15.6. The highest BCUT2D eigenvalue weighted by molar-refractivity contribution is 5.72. The Morgan fingerprint density at radius 2 is 1.86 bits per heavy atom. The first-order valence-corrected chi connectivity index (χ1v) is 8.11. The first-order valence-electron chi connectivity index (χ1n) is 8.11. The molecule has 21 heavy (non-hydrogen) atoms. The van der Waals surface area contributed by atoms with Gasteiger partial charge in [-0.05, 0) is 53.7 Å². The van der Waals surface area contributed by atoms with E-state index in [0.717, 1.165) is 25.0 Å². The van der Waals surface area contributed by atoms with E-state index in [-0.39, 0.29) is 0 Å². The van der Waals surface area contributed by atoms with Gasteiger partial charge in [0.05, 0.1) is 0 Å². The molecule has 0 spiro atoms. The maximum absolute atomic E-state index is 4.01. The first-order chi connectivity index (χ1) is 10.2. The molecule has 0 aliphatic carbocycles. The molecule has 0 bridgehead atoms. The number of hydrogen-bond acceptors (Lipinski definition) is 1. The second-order valence-electron chi connectivity index (χ2n) is 5.79. The Kier molecular flexibility index (Phi) is 5.44. The maximum Gasteiger partial charge on any atom is 0.0422 e. The van der Waals surface area contributed by atoms with Crippen molar-refractivity contribution in [3.63, 3.8) is 0 Å². The molecule has 0 saturated heterocycles. The lowest BCUT2D eigenvalue weighted by Gasteiger charge is -2.24. The van der Waals surface area contributed by atoms with Crippen LogP contribution in [0.15, 0.2) is 43.0 Å². The highest BCUT2D eigenvalue weighted by atomic mass is 14.9. The molecule has 1 aliphatic rings. The molecule has 1 heteroatoms. The van der Waals surface area contributed by atoms with Gasteiger partial charge in [0.15, 0.2) is 0 Å². The van der Waals surface area contributed by atoms with Gasteiger partial charge in [-0.15, -0.1) is 0 Å². The lowest BCUT2D eigenvalue weighted by molar-refractivity contribution is 0.799. The zero-order valence-electron chi connectivity index (χ0n) is 13.5. The van der Waals surface area contributed by atoms with Gasteiger partial charge in [-0.25, -0.2) is 0 Å². The summed E-state index contributed by atoms with van der Waals surface area (Å²) < 4.78 is 0. The van der Waals surface area contributed by atoms with Gasteiger partial charge in [0, 0.05) is 17.8 Å². The fourth-order valence-corrected chi connectivity index (χ4v) is 3.00. The van der Waals surface area contributed by atoms with E-state index in [4.69, 9.17) is 0 Å². The standard InChI is InChI=1S/C20H27N/c1-5-8-16-13-18-10-11-21-20(12-15(4)7-3)19(18)14-17(16)9-6-2/h7,12-14,21H,3-6,8-11H2,1-2H3/b20-12-. The average molecular weight is 281 g/mol. The summed E-state index contributed by atoms with van der Waals surface area (Å²) in [7, 11) is 0. The van der Waals surface area contributed by atoms with Gasteiger partial charge in [-0.3, -0.25) is 0 Å². The zero-order valence-corrected chi connectivity index (χ0v) is 13.5. The minimum Gasteiger partial charge on any atom is -0.384 e.